The smallest absolute Gasteiger partial charge is 0.315 e. The Kier molecular flexibility index (Phi) is 5.34. The lowest BCUT2D eigenvalue weighted by molar-refractivity contribution is 0.0594. The van der Waals surface area contributed by atoms with E-state index >= 15 is 0 Å². The van der Waals surface area contributed by atoms with Crippen LogP contribution in [0.15, 0.2) is 54.6 Å². The number of nitrogens with one attached hydrogen (secondary N) is 2. The van der Waals surface area contributed by atoms with Crippen LogP contribution in [0.3, 0.4) is 0 Å². The van der Waals surface area contributed by atoms with E-state index in [0.29, 0.717) is 12.1 Å². The molecule has 0 aromatic heterocycles. The van der Waals surface area contributed by atoms with E-state index in [2.05, 4.69) is 10.6 Å². The van der Waals surface area contributed by atoms with E-state index in [1.807, 2.05) is 36.4 Å². The molecule has 0 saturated carbocycles. The van der Waals surface area contributed by atoms with Crippen LogP contribution in [0.5, 0.6) is 0 Å². The highest BCUT2D eigenvalue weighted by molar-refractivity contribution is 5.73. The lowest BCUT2D eigenvalue weighted by Gasteiger charge is -2.24. The molecule has 0 aliphatic carbocycles. The monoisotopic (exact) mass is 309 g/mol. The summed E-state index contributed by atoms with van der Waals surface area (Å²) in [5.41, 5.74) is 1.09. The topological polar surface area (TPSA) is 85.2 Å². The second-order valence-corrected chi connectivity index (χ2v) is 5.48. The molecular formula is C18H19N3O2. The molecule has 0 aliphatic rings. The van der Waals surface area contributed by atoms with Crippen molar-refractivity contribution in [2.45, 2.75) is 19.1 Å². The van der Waals surface area contributed by atoms with Gasteiger partial charge in [0.25, 0.3) is 0 Å². The molecule has 5 heteroatoms. The van der Waals surface area contributed by atoms with Crippen LogP contribution in [-0.2, 0) is 12.1 Å². The Morgan fingerprint density at radius 2 is 1.78 bits per heavy atom. The minimum absolute atomic E-state index is 0.107. The number of carbonyl (C=O) groups is 1. The Labute approximate surface area is 135 Å². The zero-order valence-electron chi connectivity index (χ0n) is 12.9. The maximum atomic E-state index is 11.8. The third-order valence-electron chi connectivity index (χ3n) is 3.52. The molecule has 1 atom stereocenters. The summed E-state index contributed by atoms with van der Waals surface area (Å²) in [6.45, 7) is 2.12. The molecule has 5 nitrogen and oxygen atoms in total. The van der Waals surface area contributed by atoms with E-state index in [-0.39, 0.29) is 12.6 Å². The van der Waals surface area contributed by atoms with Gasteiger partial charge >= 0.3 is 6.03 Å². The number of aliphatic hydroxyl groups is 1. The van der Waals surface area contributed by atoms with Gasteiger partial charge in [0.05, 0.1) is 18.2 Å². The van der Waals surface area contributed by atoms with Crippen molar-refractivity contribution in [2.24, 2.45) is 0 Å². The molecule has 0 bridgehead atoms. The molecule has 3 N–H and O–H groups in total. The summed E-state index contributed by atoms with van der Waals surface area (Å²) in [6.07, 6.45) is 0. The fourth-order valence-electron chi connectivity index (χ4n) is 2.09. The van der Waals surface area contributed by atoms with Crippen LogP contribution >= 0.6 is 0 Å². The second-order valence-electron chi connectivity index (χ2n) is 5.48. The number of amides is 2. The molecule has 1 unspecified atom stereocenters. The number of rotatable bonds is 5. The summed E-state index contributed by atoms with van der Waals surface area (Å²) in [6, 6.07) is 17.9. The highest BCUT2D eigenvalue weighted by Gasteiger charge is 2.23. The summed E-state index contributed by atoms with van der Waals surface area (Å²) in [4.78, 5) is 11.8. The number of benzene rings is 2. The number of carbonyl (C=O) groups excluding carboxylic acids is 1. The number of nitriles is 1. The number of urea groups is 1. The van der Waals surface area contributed by atoms with Crippen molar-refractivity contribution in [1.29, 1.82) is 5.26 Å². The minimum atomic E-state index is -1.13. The normalized spacial score (nSPS) is 12.7. The maximum Gasteiger partial charge on any atom is 0.315 e. The van der Waals surface area contributed by atoms with Crippen LogP contribution in [0, 0.1) is 11.3 Å². The molecule has 23 heavy (non-hydrogen) atoms. The van der Waals surface area contributed by atoms with Gasteiger partial charge in [0, 0.05) is 6.54 Å². The van der Waals surface area contributed by atoms with Crippen molar-refractivity contribution in [3.8, 4) is 6.07 Å². The zero-order chi connectivity index (χ0) is 16.7. The second kappa shape index (κ2) is 7.43. The Balaban J connectivity index is 1.82. The first-order valence-corrected chi connectivity index (χ1v) is 7.30. The summed E-state index contributed by atoms with van der Waals surface area (Å²) >= 11 is 0. The van der Waals surface area contributed by atoms with Gasteiger partial charge in [-0.05, 0) is 30.2 Å². The van der Waals surface area contributed by atoms with Gasteiger partial charge in [-0.2, -0.15) is 5.26 Å². The Morgan fingerprint density at radius 3 is 2.39 bits per heavy atom. The van der Waals surface area contributed by atoms with E-state index in [9.17, 15) is 9.90 Å². The molecule has 0 radical (unpaired) electrons. The SMILES string of the molecule is CC(O)(CNC(=O)NCc1ccc(C#N)cc1)c1ccccc1. The summed E-state index contributed by atoms with van der Waals surface area (Å²) < 4.78 is 0. The molecule has 118 valence electrons. The predicted molar refractivity (Wildman–Crippen MR) is 87.4 cm³/mol. The highest BCUT2D eigenvalue weighted by Crippen LogP contribution is 2.18. The van der Waals surface area contributed by atoms with Crippen molar-refractivity contribution < 1.29 is 9.90 Å². The first kappa shape index (κ1) is 16.5. The molecular weight excluding hydrogens is 290 g/mol. The predicted octanol–water partition coefficient (Wildman–Crippen LogP) is 2.27. The minimum Gasteiger partial charge on any atom is -0.384 e. The molecule has 0 fully saturated rings. The average molecular weight is 309 g/mol. The fraction of sp³-hybridized carbons (Fsp3) is 0.222. The summed E-state index contributed by atoms with van der Waals surface area (Å²) in [5.74, 6) is 0. The van der Waals surface area contributed by atoms with Crippen LogP contribution in [0.1, 0.15) is 23.6 Å². The van der Waals surface area contributed by atoms with E-state index in [1.54, 1.807) is 31.2 Å². The van der Waals surface area contributed by atoms with Gasteiger partial charge in [0.15, 0.2) is 0 Å². The van der Waals surface area contributed by atoms with Gasteiger partial charge in [-0.15, -0.1) is 0 Å². The van der Waals surface area contributed by atoms with Crippen LogP contribution in [0.2, 0.25) is 0 Å². The largest absolute Gasteiger partial charge is 0.384 e. The van der Waals surface area contributed by atoms with E-state index in [0.717, 1.165) is 11.1 Å². The molecule has 2 aromatic carbocycles. The average Bonchev–Trinajstić information content (AvgIpc) is 2.59. The molecule has 2 rings (SSSR count). The highest BCUT2D eigenvalue weighted by atomic mass is 16.3. The van der Waals surface area contributed by atoms with Crippen LogP contribution in [0.4, 0.5) is 4.79 Å². The Hall–Kier alpha value is -2.84. The molecule has 2 amide bonds. The zero-order valence-corrected chi connectivity index (χ0v) is 12.9. The van der Waals surface area contributed by atoms with Crippen molar-refractivity contribution >= 4 is 6.03 Å². The number of hydrogen-bond acceptors (Lipinski definition) is 3. The summed E-state index contributed by atoms with van der Waals surface area (Å²) in [7, 11) is 0. The fourth-order valence-corrected chi connectivity index (χ4v) is 2.09. The quantitative estimate of drug-likeness (QED) is 0.792. The van der Waals surface area contributed by atoms with E-state index in [4.69, 9.17) is 5.26 Å². The summed E-state index contributed by atoms with van der Waals surface area (Å²) in [5, 5.41) is 24.5. The molecule has 0 aliphatic heterocycles. The number of hydrogen-bond donors (Lipinski definition) is 3. The molecule has 0 heterocycles. The van der Waals surface area contributed by atoms with E-state index in [1.165, 1.54) is 0 Å². The van der Waals surface area contributed by atoms with E-state index < -0.39 is 5.60 Å². The molecule has 2 aromatic rings. The van der Waals surface area contributed by atoms with Gasteiger partial charge < -0.3 is 15.7 Å². The van der Waals surface area contributed by atoms with Gasteiger partial charge in [-0.1, -0.05) is 42.5 Å². The van der Waals surface area contributed by atoms with Crippen LogP contribution in [0.25, 0.3) is 0 Å². The van der Waals surface area contributed by atoms with Crippen LogP contribution < -0.4 is 10.6 Å². The van der Waals surface area contributed by atoms with Gasteiger partial charge in [-0.3, -0.25) is 0 Å². The van der Waals surface area contributed by atoms with Gasteiger partial charge in [-0.25, -0.2) is 4.79 Å². The van der Waals surface area contributed by atoms with Crippen molar-refractivity contribution in [1.82, 2.24) is 10.6 Å². The van der Waals surface area contributed by atoms with Gasteiger partial charge in [0.2, 0.25) is 0 Å². The first-order valence-electron chi connectivity index (χ1n) is 7.30. The third kappa shape index (κ3) is 4.83. The number of nitrogens with zero attached hydrogens (tertiary/aromatic N) is 1. The Bertz CT molecular complexity index is 688. The van der Waals surface area contributed by atoms with Crippen molar-refractivity contribution in [3.05, 3.63) is 71.3 Å². The molecule has 0 saturated heterocycles. The standard InChI is InChI=1S/C18H19N3O2/c1-18(23,16-5-3-2-4-6-16)13-21-17(22)20-12-15-9-7-14(11-19)8-10-15/h2-10,23H,12-13H2,1H3,(H2,20,21,22). The third-order valence-corrected chi connectivity index (χ3v) is 3.52. The molecule has 0 spiro atoms. The van der Waals surface area contributed by atoms with Gasteiger partial charge in [0.1, 0.15) is 5.60 Å². The van der Waals surface area contributed by atoms with Crippen molar-refractivity contribution in [3.63, 3.8) is 0 Å². The first-order chi connectivity index (χ1) is 11.0. The lowest BCUT2D eigenvalue weighted by atomic mass is 9.96. The lowest BCUT2D eigenvalue weighted by Crippen LogP contribution is -2.43. The van der Waals surface area contributed by atoms with Crippen molar-refractivity contribution in [2.75, 3.05) is 6.54 Å². The van der Waals surface area contributed by atoms with Crippen LogP contribution in [-0.4, -0.2) is 17.7 Å². The maximum absolute atomic E-state index is 11.8. The Morgan fingerprint density at radius 1 is 1.13 bits per heavy atom.